The van der Waals surface area contributed by atoms with Crippen molar-refractivity contribution >= 4 is 23.5 Å². The summed E-state index contributed by atoms with van der Waals surface area (Å²) in [6.45, 7) is 6.23. The van der Waals surface area contributed by atoms with Gasteiger partial charge in [-0.15, -0.1) is 0 Å². The van der Waals surface area contributed by atoms with Crippen LogP contribution in [0.1, 0.15) is 62.2 Å². The predicted molar refractivity (Wildman–Crippen MR) is 121 cm³/mol. The maximum absolute atomic E-state index is 12.8. The molecule has 174 valence electrons. The molecule has 33 heavy (non-hydrogen) atoms. The summed E-state index contributed by atoms with van der Waals surface area (Å²) < 4.78 is 10.3. The van der Waals surface area contributed by atoms with Gasteiger partial charge in [-0.05, 0) is 48.3 Å². The fourth-order valence-electron chi connectivity index (χ4n) is 5.01. The van der Waals surface area contributed by atoms with Crippen LogP contribution in [0.25, 0.3) is 0 Å². The first-order valence-electron chi connectivity index (χ1n) is 11.1. The highest BCUT2D eigenvalue weighted by Crippen LogP contribution is 2.63. The molecule has 2 saturated carbocycles. The Morgan fingerprint density at radius 2 is 1.91 bits per heavy atom. The zero-order valence-electron chi connectivity index (χ0n) is 19.1. The number of hydrazone groups is 1. The molecule has 2 aliphatic carbocycles. The quantitative estimate of drug-likeness (QED) is 0.494. The predicted octanol–water partition coefficient (Wildman–Crippen LogP) is 3.61. The highest BCUT2D eigenvalue weighted by molar-refractivity contribution is 5.96. The van der Waals surface area contributed by atoms with E-state index in [1.165, 1.54) is 18.8 Å². The minimum Gasteiger partial charge on any atom is -0.459 e. The molecule has 0 saturated heterocycles. The average Bonchev–Trinajstić information content (AvgIpc) is 3.47. The Labute approximate surface area is 192 Å². The molecule has 1 aromatic carbocycles. The first-order valence-corrected chi connectivity index (χ1v) is 11.1. The molecule has 2 bridgehead atoms. The number of ether oxygens (including phenoxy) is 1. The van der Waals surface area contributed by atoms with E-state index in [9.17, 15) is 14.4 Å². The Balaban J connectivity index is 1.37. The van der Waals surface area contributed by atoms with Gasteiger partial charge in [0.05, 0.1) is 6.26 Å². The summed E-state index contributed by atoms with van der Waals surface area (Å²) in [6, 6.07) is 10.7. The summed E-state index contributed by atoms with van der Waals surface area (Å²) in [5.74, 6) is -1.20. The minimum atomic E-state index is -1.09. The van der Waals surface area contributed by atoms with Crippen LogP contribution in [0.4, 0.5) is 0 Å². The number of fused-ring (bicyclic) bond motifs is 2. The molecule has 0 spiro atoms. The van der Waals surface area contributed by atoms with E-state index in [2.05, 4.69) is 36.6 Å². The zero-order chi connectivity index (χ0) is 23.6. The standard InChI is InChI=1S/C25H29N3O5/c1-24(2)17-11-12-25(24,3)19(14-17)27-28-20(29)15-33-23(31)21(16-8-5-4-6-9-16)26-22(30)18-10-7-13-32-18/h4-10,13,17,21H,11-12,14-15H2,1-3H3,(H,26,30)(H,28,29)/b27-19-. The summed E-state index contributed by atoms with van der Waals surface area (Å²) >= 11 is 0. The molecule has 2 aliphatic rings. The minimum absolute atomic E-state index is 0.0316. The van der Waals surface area contributed by atoms with Crippen LogP contribution < -0.4 is 10.7 Å². The lowest BCUT2D eigenvalue weighted by atomic mass is 9.70. The molecule has 8 heteroatoms. The van der Waals surface area contributed by atoms with Gasteiger partial charge >= 0.3 is 5.97 Å². The Morgan fingerprint density at radius 3 is 2.52 bits per heavy atom. The van der Waals surface area contributed by atoms with Crippen LogP contribution in [0.2, 0.25) is 0 Å². The van der Waals surface area contributed by atoms with Crippen molar-refractivity contribution in [3.8, 4) is 0 Å². The van der Waals surface area contributed by atoms with E-state index >= 15 is 0 Å². The van der Waals surface area contributed by atoms with E-state index in [-0.39, 0.29) is 16.6 Å². The number of rotatable bonds is 7. The molecule has 3 atom stereocenters. The van der Waals surface area contributed by atoms with Gasteiger partial charge < -0.3 is 14.5 Å². The Hall–Kier alpha value is -3.42. The largest absolute Gasteiger partial charge is 0.459 e. The molecule has 3 unspecified atom stereocenters. The summed E-state index contributed by atoms with van der Waals surface area (Å²) in [5, 5.41) is 6.98. The van der Waals surface area contributed by atoms with Crippen molar-refractivity contribution in [3.63, 3.8) is 0 Å². The van der Waals surface area contributed by atoms with Gasteiger partial charge in [0.25, 0.3) is 11.8 Å². The van der Waals surface area contributed by atoms with E-state index in [1.807, 2.05) is 0 Å². The Morgan fingerprint density at radius 1 is 1.15 bits per heavy atom. The first kappa shape index (κ1) is 22.8. The summed E-state index contributed by atoms with van der Waals surface area (Å²) in [4.78, 5) is 37.5. The second-order valence-corrected chi connectivity index (χ2v) is 9.49. The fourth-order valence-corrected chi connectivity index (χ4v) is 5.01. The number of nitrogens with zero attached hydrogens (tertiary/aromatic N) is 1. The van der Waals surface area contributed by atoms with E-state index in [0.717, 1.165) is 18.6 Å². The SMILES string of the molecule is CC12CCC(C/C1=N/NC(=O)COC(=O)C(NC(=O)c1ccco1)c1ccccc1)C2(C)C. The molecule has 4 rings (SSSR count). The lowest BCUT2D eigenvalue weighted by molar-refractivity contribution is -0.150. The molecule has 0 aliphatic heterocycles. The molecule has 1 aromatic heterocycles. The van der Waals surface area contributed by atoms with Crippen molar-refractivity contribution in [1.29, 1.82) is 0 Å². The molecule has 2 aromatic rings. The highest BCUT2D eigenvalue weighted by atomic mass is 16.5. The molecule has 2 amide bonds. The van der Waals surface area contributed by atoms with Gasteiger partial charge in [-0.3, -0.25) is 9.59 Å². The summed E-state index contributed by atoms with van der Waals surface area (Å²) in [7, 11) is 0. The number of nitrogens with one attached hydrogen (secondary N) is 2. The van der Waals surface area contributed by atoms with Gasteiger partial charge in [-0.1, -0.05) is 51.1 Å². The third-order valence-corrected chi connectivity index (χ3v) is 7.56. The second-order valence-electron chi connectivity index (χ2n) is 9.49. The van der Waals surface area contributed by atoms with Crippen LogP contribution >= 0.6 is 0 Å². The number of hydrogen-bond acceptors (Lipinski definition) is 6. The molecular weight excluding hydrogens is 422 g/mol. The summed E-state index contributed by atoms with van der Waals surface area (Å²) in [6.07, 6.45) is 4.48. The first-order chi connectivity index (χ1) is 15.7. The molecule has 2 fully saturated rings. The van der Waals surface area contributed by atoms with Gasteiger partial charge in [0.1, 0.15) is 0 Å². The highest BCUT2D eigenvalue weighted by Gasteiger charge is 2.60. The maximum atomic E-state index is 12.8. The van der Waals surface area contributed by atoms with Gasteiger partial charge in [0, 0.05) is 11.1 Å². The van der Waals surface area contributed by atoms with Crippen LogP contribution in [0.15, 0.2) is 58.2 Å². The number of benzene rings is 1. The second kappa shape index (κ2) is 8.84. The smallest absolute Gasteiger partial charge is 0.333 e. The average molecular weight is 452 g/mol. The molecule has 8 nitrogen and oxygen atoms in total. The van der Waals surface area contributed by atoms with E-state index in [1.54, 1.807) is 36.4 Å². The van der Waals surface area contributed by atoms with E-state index in [0.29, 0.717) is 11.5 Å². The fraction of sp³-hybridized carbons (Fsp3) is 0.440. The van der Waals surface area contributed by atoms with Crippen molar-refractivity contribution in [2.75, 3.05) is 6.61 Å². The van der Waals surface area contributed by atoms with Crippen LogP contribution in [0, 0.1) is 16.7 Å². The number of furan rings is 1. The summed E-state index contributed by atoms with van der Waals surface area (Å²) in [5.41, 5.74) is 4.18. The van der Waals surface area contributed by atoms with Crippen molar-refractivity contribution in [2.24, 2.45) is 21.8 Å². The van der Waals surface area contributed by atoms with Crippen LogP contribution in [-0.2, 0) is 14.3 Å². The molecular formula is C25H29N3O5. The monoisotopic (exact) mass is 451 g/mol. The van der Waals surface area contributed by atoms with Crippen LogP contribution in [0.3, 0.4) is 0 Å². The third kappa shape index (κ3) is 4.29. The number of esters is 1. The number of carbonyl (C=O) groups is 3. The van der Waals surface area contributed by atoms with Crippen molar-refractivity contribution in [2.45, 2.75) is 46.1 Å². The van der Waals surface area contributed by atoms with Crippen LogP contribution in [-0.4, -0.2) is 30.1 Å². The number of hydrogen-bond donors (Lipinski definition) is 2. The van der Waals surface area contributed by atoms with Crippen molar-refractivity contribution in [1.82, 2.24) is 10.7 Å². The van der Waals surface area contributed by atoms with Gasteiger partial charge in [0.15, 0.2) is 18.4 Å². The van der Waals surface area contributed by atoms with Gasteiger partial charge in [-0.2, -0.15) is 5.10 Å². The van der Waals surface area contributed by atoms with Gasteiger partial charge in [0.2, 0.25) is 0 Å². The maximum Gasteiger partial charge on any atom is 0.333 e. The number of amides is 2. The van der Waals surface area contributed by atoms with Crippen molar-refractivity contribution < 1.29 is 23.5 Å². The van der Waals surface area contributed by atoms with Gasteiger partial charge in [-0.25, -0.2) is 10.2 Å². The normalized spacial score (nSPS) is 24.9. The zero-order valence-corrected chi connectivity index (χ0v) is 19.1. The van der Waals surface area contributed by atoms with E-state index in [4.69, 9.17) is 9.15 Å². The molecule has 2 N–H and O–H groups in total. The van der Waals surface area contributed by atoms with Crippen molar-refractivity contribution in [3.05, 3.63) is 60.1 Å². The Bertz CT molecular complexity index is 1060. The lowest BCUT2D eigenvalue weighted by Crippen LogP contribution is -2.37. The Kier molecular flexibility index (Phi) is 6.10. The van der Waals surface area contributed by atoms with Crippen LogP contribution in [0.5, 0.6) is 0 Å². The number of carbonyl (C=O) groups excluding carboxylic acids is 3. The molecule has 1 heterocycles. The third-order valence-electron chi connectivity index (χ3n) is 7.56. The van der Waals surface area contributed by atoms with E-state index < -0.39 is 30.4 Å². The lowest BCUT2D eigenvalue weighted by Gasteiger charge is -2.34. The topological polar surface area (TPSA) is 110 Å². The molecule has 0 radical (unpaired) electrons.